The Kier molecular flexibility index (Phi) is 3.96. The first kappa shape index (κ1) is 11.8. The Hall–Kier alpha value is -1.24. The normalized spacial score (nSPS) is 14.1. The van der Waals surface area contributed by atoms with Crippen LogP contribution in [0, 0.1) is 11.3 Å². The van der Waals surface area contributed by atoms with Crippen LogP contribution in [0.15, 0.2) is 18.2 Å². The largest absolute Gasteiger partial charge is 0.474 e. The van der Waals surface area contributed by atoms with Gasteiger partial charge in [-0.1, -0.05) is 17.7 Å². The van der Waals surface area contributed by atoms with E-state index in [0.717, 1.165) is 5.56 Å². The minimum Gasteiger partial charge on any atom is -0.474 e. The van der Waals surface area contributed by atoms with Crippen molar-refractivity contribution in [3.8, 4) is 11.8 Å². The van der Waals surface area contributed by atoms with E-state index in [9.17, 15) is 0 Å². The molecular formula is C11H13ClN2O. The Morgan fingerprint density at radius 2 is 2.13 bits per heavy atom. The average molecular weight is 225 g/mol. The van der Waals surface area contributed by atoms with Crippen molar-refractivity contribution in [2.24, 2.45) is 5.73 Å². The summed E-state index contributed by atoms with van der Waals surface area (Å²) >= 11 is 5.98. The van der Waals surface area contributed by atoms with Crippen molar-refractivity contribution >= 4 is 11.6 Å². The predicted molar refractivity (Wildman–Crippen MR) is 59.8 cm³/mol. The van der Waals surface area contributed by atoms with E-state index in [1.807, 2.05) is 19.1 Å². The van der Waals surface area contributed by atoms with Crippen LogP contribution in [0.4, 0.5) is 0 Å². The van der Waals surface area contributed by atoms with Crippen molar-refractivity contribution in [2.45, 2.75) is 26.0 Å². The number of nitrogens with two attached hydrogens (primary N) is 1. The standard InChI is InChI=1S/C11H13ClN2O/c1-7(6-13)15-11-4-3-9(8(2)14)5-10(11)12/h3-5,7-8H,14H2,1-2H3/t7?,8-/m0/s1. The van der Waals surface area contributed by atoms with Crippen molar-refractivity contribution in [3.05, 3.63) is 28.8 Å². The molecule has 0 aromatic heterocycles. The molecule has 0 radical (unpaired) electrons. The third-order valence-electron chi connectivity index (χ3n) is 1.97. The molecule has 2 atom stereocenters. The number of halogens is 1. The first-order chi connectivity index (χ1) is 7.04. The van der Waals surface area contributed by atoms with Gasteiger partial charge in [-0.05, 0) is 31.5 Å². The molecule has 0 saturated heterocycles. The van der Waals surface area contributed by atoms with Crippen LogP contribution in [-0.2, 0) is 0 Å². The summed E-state index contributed by atoms with van der Waals surface area (Å²) in [4.78, 5) is 0. The van der Waals surface area contributed by atoms with Gasteiger partial charge in [0.15, 0.2) is 6.10 Å². The molecule has 15 heavy (non-hydrogen) atoms. The van der Waals surface area contributed by atoms with E-state index in [1.54, 1.807) is 19.1 Å². The summed E-state index contributed by atoms with van der Waals surface area (Å²) in [5.74, 6) is 0.509. The SMILES string of the molecule is CC(C#N)Oc1ccc([C@H](C)N)cc1Cl. The maximum absolute atomic E-state index is 8.59. The molecule has 0 amide bonds. The summed E-state index contributed by atoms with van der Waals surface area (Å²) in [7, 11) is 0. The monoisotopic (exact) mass is 224 g/mol. The summed E-state index contributed by atoms with van der Waals surface area (Å²) < 4.78 is 5.30. The van der Waals surface area contributed by atoms with Gasteiger partial charge in [-0.3, -0.25) is 0 Å². The number of nitrogens with zero attached hydrogens (tertiary/aromatic N) is 1. The lowest BCUT2D eigenvalue weighted by molar-refractivity contribution is 0.276. The number of hydrogen-bond donors (Lipinski definition) is 1. The zero-order valence-corrected chi connectivity index (χ0v) is 9.45. The zero-order chi connectivity index (χ0) is 11.4. The Bertz CT molecular complexity index is 385. The van der Waals surface area contributed by atoms with E-state index in [1.165, 1.54) is 0 Å². The van der Waals surface area contributed by atoms with Gasteiger partial charge in [0.2, 0.25) is 0 Å². The van der Waals surface area contributed by atoms with Gasteiger partial charge < -0.3 is 10.5 Å². The molecule has 1 aromatic rings. The number of nitriles is 1. The quantitative estimate of drug-likeness (QED) is 0.859. The van der Waals surface area contributed by atoms with E-state index in [0.29, 0.717) is 10.8 Å². The molecule has 0 bridgehead atoms. The van der Waals surface area contributed by atoms with Crippen LogP contribution in [0.2, 0.25) is 5.02 Å². The number of rotatable bonds is 3. The fourth-order valence-corrected chi connectivity index (χ4v) is 1.35. The Morgan fingerprint density at radius 3 is 2.60 bits per heavy atom. The average Bonchev–Trinajstić information content (AvgIpc) is 2.20. The molecule has 0 spiro atoms. The Labute approximate surface area is 94.4 Å². The second kappa shape index (κ2) is 5.01. The van der Waals surface area contributed by atoms with Gasteiger partial charge in [-0.2, -0.15) is 5.26 Å². The van der Waals surface area contributed by atoms with Crippen molar-refractivity contribution < 1.29 is 4.74 Å². The molecule has 1 unspecified atom stereocenters. The van der Waals surface area contributed by atoms with Gasteiger partial charge in [0.1, 0.15) is 11.8 Å². The maximum Gasteiger partial charge on any atom is 0.181 e. The first-order valence-electron chi connectivity index (χ1n) is 4.66. The van der Waals surface area contributed by atoms with Crippen LogP contribution in [-0.4, -0.2) is 6.10 Å². The molecule has 0 heterocycles. The van der Waals surface area contributed by atoms with Crippen LogP contribution < -0.4 is 10.5 Å². The molecule has 0 saturated carbocycles. The Morgan fingerprint density at radius 1 is 1.47 bits per heavy atom. The van der Waals surface area contributed by atoms with Gasteiger partial charge in [0, 0.05) is 6.04 Å². The fraction of sp³-hybridized carbons (Fsp3) is 0.364. The molecule has 0 aliphatic heterocycles. The van der Waals surface area contributed by atoms with Gasteiger partial charge in [0.25, 0.3) is 0 Å². The second-order valence-corrected chi connectivity index (χ2v) is 3.77. The lowest BCUT2D eigenvalue weighted by Gasteiger charge is -2.12. The van der Waals surface area contributed by atoms with Crippen LogP contribution >= 0.6 is 11.6 Å². The predicted octanol–water partition coefficient (Wildman–Crippen LogP) is 2.65. The lowest BCUT2D eigenvalue weighted by Crippen LogP contribution is -2.09. The van der Waals surface area contributed by atoms with E-state index in [2.05, 4.69) is 0 Å². The van der Waals surface area contributed by atoms with Crippen LogP contribution in [0.5, 0.6) is 5.75 Å². The van der Waals surface area contributed by atoms with E-state index in [-0.39, 0.29) is 6.04 Å². The molecule has 0 aliphatic rings. The minimum atomic E-state index is -0.511. The summed E-state index contributed by atoms with van der Waals surface area (Å²) in [6, 6.07) is 7.24. The Balaban J connectivity index is 2.89. The number of benzene rings is 1. The third-order valence-corrected chi connectivity index (χ3v) is 2.26. The van der Waals surface area contributed by atoms with E-state index >= 15 is 0 Å². The van der Waals surface area contributed by atoms with Crippen LogP contribution in [0.3, 0.4) is 0 Å². The topological polar surface area (TPSA) is 59.0 Å². The highest BCUT2D eigenvalue weighted by Gasteiger charge is 2.08. The van der Waals surface area contributed by atoms with Gasteiger partial charge in [-0.25, -0.2) is 0 Å². The van der Waals surface area contributed by atoms with E-state index in [4.69, 9.17) is 27.3 Å². The highest BCUT2D eigenvalue weighted by molar-refractivity contribution is 6.32. The van der Waals surface area contributed by atoms with Gasteiger partial charge in [-0.15, -0.1) is 0 Å². The minimum absolute atomic E-state index is 0.0649. The van der Waals surface area contributed by atoms with Gasteiger partial charge in [0.05, 0.1) is 5.02 Å². The summed E-state index contributed by atoms with van der Waals surface area (Å²) in [6.07, 6.45) is -0.511. The highest BCUT2D eigenvalue weighted by Crippen LogP contribution is 2.27. The molecule has 1 rings (SSSR count). The maximum atomic E-state index is 8.59. The molecule has 80 valence electrons. The fourth-order valence-electron chi connectivity index (χ4n) is 1.11. The molecule has 4 heteroatoms. The van der Waals surface area contributed by atoms with Crippen molar-refractivity contribution in [1.82, 2.24) is 0 Å². The van der Waals surface area contributed by atoms with Crippen LogP contribution in [0.1, 0.15) is 25.5 Å². The first-order valence-corrected chi connectivity index (χ1v) is 5.03. The highest BCUT2D eigenvalue weighted by atomic mass is 35.5. The number of ether oxygens (including phenoxy) is 1. The molecule has 1 aromatic carbocycles. The van der Waals surface area contributed by atoms with Gasteiger partial charge >= 0.3 is 0 Å². The van der Waals surface area contributed by atoms with Crippen molar-refractivity contribution in [2.75, 3.05) is 0 Å². The van der Waals surface area contributed by atoms with Crippen molar-refractivity contribution in [1.29, 1.82) is 5.26 Å². The van der Waals surface area contributed by atoms with Crippen LogP contribution in [0.25, 0.3) is 0 Å². The molecule has 2 N–H and O–H groups in total. The smallest absolute Gasteiger partial charge is 0.181 e. The summed E-state index contributed by atoms with van der Waals surface area (Å²) in [5, 5.41) is 9.07. The lowest BCUT2D eigenvalue weighted by atomic mass is 10.1. The summed E-state index contributed by atoms with van der Waals surface area (Å²) in [5.41, 5.74) is 6.65. The zero-order valence-electron chi connectivity index (χ0n) is 8.70. The van der Waals surface area contributed by atoms with Crippen molar-refractivity contribution in [3.63, 3.8) is 0 Å². The third kappa shape index (κ3) is 3.12. The van der Waals surface area contributed by atoms with E-state index < -0.39 is 6.10 Å². The number of hydrogen-bond acceptors (Lipinski definition) is 3. The molecule has 0 aliphatic carbocycles. The molecule has 3 nitrogen and oxygen atoms in total. The summed E-state index contributed by atoms with van der Waals surface area (Å²) in [6.45, 7) is 3.54. The molecular weight excluding hydrogens is 212 g/mol. The second-order valence-electron chi connectivity index (χ2n) is 3.37. The molecule has 0 fully saturated rings.